The molecule has 1 aliphatic rings. The zero-order chi connectivity index (χ0) is 22.6. The number of sulfonamides is 1. The molecule has 8 nitrogen and oxygen atoms in total. The highest BCUT2D eigenvalue weighted by Gasteiger charge is 2.26. The van der Waals surface area contributed by atoms with Crippen LogP contribution in [-0.4, -0.2) is 57.4 Å². The zero-order valence-electron chi connectivity index (χ0n) is 17.1. The Balaban J connectivity index is 1.40. The zero-order valence-corrected chi connectivity index (χ0v) is 17.9. The molecular weight excluding hydrogens is 434 g/mol. The van der Waals surface area contributed by atoms with E-state index in [-0.39, 0.29) is 29.3 Å². The van der Waals surface area contributed by atoms with Crippen molar-refractivity contribution in [2.24, 2.45) is 0 Å². The summed E-state index contributed by atoms with van der Waals surface area (Å²) in [5.74, 6) is -1.20. The number of morpholine rings is 1. The number of carbonyl (C=O) groups is 2. The lowest BCUT2D eigenvalue weighted by Gasteiger charge is -2.26. The number of rotatable bonds is 7. The first-order chi connectivity index (χ1) is 15.5. The molecule has 0 atom stereocenters. The SMILES string of the molecule is O=C(COC(=O)c1occc1-c1ccccc1)c1ccc(S(=O)(=O)N2CCOCC2)cc1. The van der Waals surface area contributed by atoms with Gasteiger partial charge in [-0.25, -0.2) is 13.2 Å². The Morgan fingerprint density at radius 1 is 0.938 bits per heavy atom. The second kappa shape index (κ2) is 9.47. The van der Waals surface area contributed by atoms with Crippen molar-refractivity contribution in [2.75, 3.05) is 32.9 Å². The third-order valence-corrected chi connectivity index (χ3v) is 6.97. The molecule has 0 amide bonds. The maximum atomic E-state index is 12.7. The maximum absolute atomic E-state index is 12.7. The highest BCUT2D eigenvalue weighted by Crippen LogP contribution is 2.25. The maximum Gasteiger partial charge on any atom is 0.375 e. The molecule has 3 aromatic rings. The standard InChI is InChI=1S/C23H21NO7S/c25-21(16-31-23(26)22-20(10-13-30-22)17-4-2-1-3-5-17)18-6-8-19(9-7-18)32(27,28)24-11-14-29-15-12-24/h1-10,13H,11-12,14-16H2. The van der Waals surface area contributed by atoms with Crippen LogP contribution in [0.2, 0.25) is 0 Å². The molecule has 1 fully saturated rings. The van der Waals surface area contributed by atoms with E-state index in [0.717, 1.165) is 5.56 Å². The van der Waals surface area contributed by atoms with E-state index in [2.05, 4.69) is 0 Å². The van der Waals surface area contributed by atoms with Crippen LogP contribution in [0.4, 0.5) is 0 Å². The number of Topliss-reactive ketones (excluding diaryl/α,β-unsaturated/α-hetero) is 1. The Morgan fingerprint density at radius 2 is 1.62 bits per heavy atom. The number of carbonyl (C=O) groups excluding carboxylic acids is 2. The summed E-state index contributed by atoms with van der Waals surface area (Å²) in [5, 5.41) is 0. The number of esters is 1. The lowest BCUT2D eigenvalue weighted by molar-refractivity contribution is 0.0445. The molecule has 0 unspecified atom stereocenters. The van der Waals surface area contributed by atoms with Crippen LogP contribution < -0.4 is 0 Å². The molecule has 0 spiro atoms. The minimum atomic E-state index is -3.65. The molecule has 0 bridgehead atoms. The molecule has 2 heterocycles. The minimum Gasteiger partial charge on any atom is -0.457 e. The van der Waals surface area contributed by atoms with Crippen LogP contribution in [0, 0.1) is 0 Å². The molecule has 4 rings (SSSR count). The molecular formula is C23H21NO7S. The molecule has 32 heavy (non-hydrogen) atoms. The van der Waals surface area contributed by atoms with Crippen molar-refractivity contribution >= 4 is 21.8 Å². The Morgan fingerprint density at radius 3 is 2.31 bits per heavy atom. The smallest absolute Gasteiger partial charge is 0.375 e. The average molecular weight is 455 g/mol. The van der Waals surface area contributed by atoms with Gasteiger partial charge in [0.2, 0.25) is 15.8 Å². The second-order valence-corrected chi connectivity index (χ2v) is 9.01. The van der Waals surface area contributed by atoms with Crippen LogP contribution in [0.15, 0.2) is 76.2 Å². The van der Waals surface area contributed by atoms with E-state index in [1.54, 1.807) is 6.07 Å². The second-order valence-electron chi connectivity index (χ2n) is 7.07. The van der Waals surface area contributed by atoms with E-state index in [0.29, 0.717) is 18.8 Å². The molecule has 1 aliphatic heterocycles. The van der Waals surface area contributed by atoms with Gasteiger partial charge in [-0.1, -0.05) is 30.3 Å². The number of ether oxygens (including phenoxy) is 2. The predicted molar refractivity (Wildman–Crippen MR) is 115 cm³/mol. The van der Waals surface area contributed by atoms with E-state index in [1.807, 2.05) is 30.3 Å². The fourth-order valence-corrected chi connectivity index (χ4v) is 4.75. The van der Waals surface area contributed by atoms with Gasteiger partial charge in [0.1, 0.15) is 0 Å². The van der Waals surface area contributed by atoms with Crippen molar-refractivity contribution in [3.63, 3.8) is 0 Å². The topological polar surface area (TPSA) is 103 Å². The first kappa shape index (κ1) is 21.9. The molecule has 166 valence electrons. The molecule has 0 N–H and O–H groups in total. The van der Waals surface area contributed by atoms with Crippen LogP contribution in [0.3, 0.4) is 0 Å². The van der Waals surface area contributed by atoms with E-state index in [4.69, 9.17) is 13.9 Å². The number of ketones is 1. The van der Waals surface area contributed by atoms with Crippen LogP contribution in [-0.2, 0) is 19.5 Å². The lowest BCUT2D eigenvalue weighted by atomic mass is 10.1. The van der Waals surface area contributed by atoms with Crippen LogP contribution in [0.5, 0.6) is 0 Å². The fourth-order valence-electron chi connectivity index (χ4n) is 3.34. The first-order valence-corrected chi connectivity index (χ1v) is 11.4. The normalized spacial score (nSPS) is 14.8. The van der Waals surface area contributed by atoms with Gasteiger partial charge < -0.3 is 13.9 Å². The highest BCUT2D eigenvalue weighted by atomic mass is 32.2. The number of benzene rings is 2. The molecule has 0 radical (unpaired) electrons. The van der Waals surface area contributed by atoms with E-state index >= 15 is 0 Å². The number of hydrogen-bond donors (Lipinski definition) is 0. The van der Waals surface area contributed by atoms with Gasteiger partial charge in [0, 0.05) is 24.2 Å². The summed E-state index contributed by atoms with van der Waals surface area (Å²) in [6.45, 7) is 0.780. The van der Waals surface area contributed by atoms with Crippen molar-refractivity contribution in [3.8, 4) is 11.1 Å². The molecule has 1 saturated heterocycles. The van der Waals surface area contributed by atoms with E-state index in [1.165, 1.54) is 34.8 Å². The summed E-state index contributed by atoms with van der Waals surface area (Å²) in [6, 6.07) is 16.4. The minimum absolute atomic E-state index is 0.0101. The van der Waals surface area contributed by atoms with Gasteiger partial charge in [-0.2, -0.15) is 4.31 Å². The quantitative estimate of drug-likeness (QED) is 0.398. The van der Waals surface area contributed by atoms with Crippen molar-refractivity contribution in [1.29, 1.82) is 0 Å². The van der Waals surface area contributed by atoms with Crippen molar-refractivity contribution in [1.82, 2.24) is 4.31 Å². The number of nitrogens with zero attached hydrogens (tertiary/aromatic N) is 1. The lowest BCUT2D eigenvalue weighted by Crippen LogP contribution is -2.40. The monoisotopic (exact) mass is 455 g/mol. The molecule has 0 aliphatic carbocycles. The molecule has 9 heteroatoms. The van der Waals surface area contributed by atoms with Crippen LogP contribution in [0.25, 0.3) is 11.1 Å². The Kier molecular flexibility index (Phi) is 6.50. The van der Waals surface area contributed by atoms with Gasteiger partial charge >= 0.3 is 5.97 Å². The third-order valence-electron chi connectivity index (χ3n) is 5.05. The van der Waals surface area contributed by atoms with Gasteiger partial charge in [-0.05, 0) is 35.9 Å². The van der Waals surface area contributed by atoms with E-state index in [9.17, 15) is 18.0 Å². The Hall–Kier alpha value is -3.27. The summed E-state index contributed by atoms with van der Waals surface area (Å²) >= 11 is 0. The highest BCUT2D eigenvalue weighted by molar-refractivity contribution is 7.89. The Labute approximate surface area is 185 Å². The van der Waals surface area contributed by atoms with Gasteiger partial charge in [-0.15, -0.1) is 0 Å². The van der Waals surface area contributed by atoms with Crippen molar-refractivity contribution in [2.45, 2.75) is 4.90 Å². The number of furan rings is 1. The van der Waals surface area contributed by atoms with E-state index < -0.39 is 28.4 Å². The van der Waals surface area contributed by atoms with Crippen molar-refractivity contribution in [3.05, 3.63) is 78.3 Å². The van der Waals surface area contributed by atoms with Crippen molar-refractivity contribution < 1.29 is 31.9 Å². The molecule has 1 aromatic heterocycles. The van der Waals surface area contributed by atoms with Crippen LogP contribution >= 0.6 is 0 Å². The van der Waals surface area contributed by atoms with Crippen LogP contribution in [0.1, 0.15) is 20.9 Å². The third kappa shape index (κ3) is 4.64. The molecule has 2 aromatic carbocycles. The Bertz CT molecular complexity index is 1190. The summed E-state index contributed by atoms with van der Waals surface area (Å²) in [6.07, 6.45) is 1.38. The largest absolute Gasteiger partial charge is 0.457 e. The summed E-state index contributed by atoms with van der Waals surface area (Å²) < 4.78 is 42.3. The fraction of sp³-hybridized carbons (Fsp3) is 0.217. The summed E-state index contributed by atoms with van der Waals surface area (Å²) in [4.78, 5) is 25.0. The summed E-state index contributed by atoms with van der Waals surface area (Å²) in [5.41, 5.74) is 1.60. The van der Waals surface area contributed by atoms with Gasteiger partial charge in [0.25, 0.3) is 0 Å². The molecule has 0 saturated carbocycles. The van der Waals surface area contributed by atoms with Gasteiger partial charge in [0.15, 0.2) is 12.4 Å². The summed E-state index contributed by atoms with van der Waals surface area (Å²) in [7, 11) is -3.65. The van der Waals surface area contributed by atoms with Gasteiger partial charge in [-0.3, -0.25) is 4.79 Å². The average Bonchev–Trinajstić information content (AvgIpc) is 3.34. The first-order valence-electron chi connectivity index (χ1n) is 9.98. The number of hydrogen-bond acceptors (Lipinski definition) is 7. The van der Waals surface area contributed by atoms with Gasteiger partial charge in [0.05, 0.1) is 24.4 Å². The predicted octanol–water partition coefficient (Wildman–Crippen LogP) is 3.01.